The summed E-state index contributed by atoms with van der Waals surface area (Å²) < 4.78 is 0. The Balaban J connectivity index is 2.60. The van der Waals surface area contributed by atoms with Gasteiger partial charge in [0.15, 0.2) is 0 Å². The number of nitro benzene ring substituents is 1. The fourth-order valence-electron chi connectivity index (χ4n) is 2.38. The van der Waals surface area contributed by atoms with Gasteiger partial charge >= 0.3 is 0 Å². The molecule has 1 aliphatic rings. The van der Waals surface area contributed by atoms with Crippen LogP contribution in [0.1, 0.15) is 26.3 Å². The van der Waals surface area contributed by atoms with Crippen LogP contribution in [0, 0.1) is 10.1 Å². The summed E-state index contributed by atoms with van der Waals surface area (Å²) in [7, 11) is 2.03. The van der Waals surface area contributed by atoms with Crippen molar-refractivity contribution in [2.24, 2.45) is 0 Å². The zero-order chi connectivity index (χ0) is 12.1. The van der Waals surface area contributed by atoms with Crippen LogP contribution in [0.2, 0.25) is 0 Å². The number of rotatable bonds is 1. The van der Waals surface area contributed by atoms with Crippen molar-refractivity contribution in [3.63, 3.8) is 0 Å². The van der Waals surface area contributed by atoms with Gasteiger partial charge in [0, 0.05) is 36.3 Å². The van der Waals surface area contributed by atoms with Crippen molar-refractivity contribution in [1.82, 2.24) is 0 Å². The number of likely N-dealkylation sites (N-methyl/N-ethyl adjacent to an activating group) is 1. The van der Waals surface area contributed by atoms with Gasteiger partial charge in [-0.1, -0.05) is 13.8 Å². The van der Waals surface area contributed by atoms with Crippen LogP contribution in [0.15, 0.2) is 18.2 Å². The van der Waals surface area contributed by atoms with Crippen LogP contribution in [0.25, 0.3) is 0 Å². The molecule has 1 aromatic carbocycles. The summed E-state index contributed by atoms with van der Waals surface area (Å²) in [5, 5.41) is 10.8. The number of nitrogens with zero attached hydrogens (tertiary/aromatic N) is 2. The summed E-state index contributed by atoms with van der Waals surface area (Å²) in [4.78, 5) is 12.6. The SMILES string of the molecule is CC1N(C)c2ccc([N+](=O)[O-])cc2C1(C)C. The van der Waals surface area contributed by atoms with E-state index in [1.165, 1.54) is 0 Å². The highest BCUT2D eigenvalue weighted by Gasteiger charge is 2.40. The lowest BCUT2D eigenvalue weighted by atomic mass is 9.81. The van der Waals surface area contributed by atoms with Gasteiger partial charge in [-0.3, -0.25) is 10.1 Å². The molecule has 16 heavy (non-hydrogen) atoms. The maximum atomic E-state index is 10.8. The second kappa shape index (κ2) is 3.20. The molecule has 0 N–H and O–H groups in total. The molecule has 0 amide bonds. The molecule has 0 fully saturated rings. The van der Waals surface area contributed by atoms with E-state index < -0.39 is 0 Å². The van der Waals surface area contributed by atoms with Crippen LogP contribution in [0.3, 0.4) is 0 Å². The molecule has 86 valence electrons. The van der Waals surface area contributed by atoms with E-state index in [2.05, 4.69) is 25.7 Å². The van der Waals surface area contributed by atoms with Crippen molar-refractivity contribution in [3.8, 4) is 0 Å². The molecule has 1 aliphatic heterocycles. The third-order valence-corrected chi connectivity index (χ3v) is 3.89. The summed E-state index contributed by atoms with van der Waals surface area (Å²) in [6, 6.07) is 5.47. The largest absolute Gasteiger partial charge is 0.371 e. The molecule has 0 aliphatic carbocycles. The van der Waals surface area contributed by atoms with Crippen LogP contribution in [0.4, 0.5) is 11.4 Å². The number of hydrogen-bond donors (Lipinski definition) is 0. The second-order valence-electron chi connectivity index (χ2n) is 4.97. The first-order valence-corrected chi connectivity index (χ1v) is 5.37. The molecule has 1 heterocycles. The maximum absolute atomic E-state index is 10.8. The Kier molecular flexibility index (Phi) is 2.19. The summed E-state index contributed by atoms with van der Waals surface area (Å²) in [5.41, 5.74) is 2.30. The molecule has 0 bridgehead atoms. The Bertz CT molecular complexity index is 454. The topological polar surface area (TPSA) is 46.4 Å². The van der Waals surface area contributed by atoms with Crippen molar-refractivity contribution in [2.75, 3.05) is 11.9 Å². The molecule has 0 aromatic heterocycles. The lowest BCUT2D eigenvalue weighted by molar-refractivity contribution is -0.384. The van der Waals surface area contributed by atoms with E-state index in [-0.39, 0.29) is 16.0 Å². The third-order valence-electron chi connectivity index (χ3n) is 3.89. The zero-order valence-electron chi connectivity index (χ0n) is 10.0. The molecule has 0 saturated heterocycles. The first-order valence-electron chi connectivity index (χ1n) is 5.37. The van der Waals surface area contributed by atoms with E-state index >= 15 is 0 Å². The molecule has 0 radical (unpaired) electrons. The van der Waals surface area contributed by atoms with Gasteiger partial charge in [0.05, 0.1) is 4.92 Å². The van der Waals surface area contributed by atoms with Crippen molar-refractivity contribution < 1.29 is 4.92 Å². The Morgan fingerprint density at radius 1 is 1.44 bits per heavy atom. The Labute approximate surface area is 95.0 Å². The highest BCUT2D eigenvalue weighted by Crippen LogP contribution is 2.45. The van der Waals surface area contributed by atoms with Gasteiger partial charge in [0.25, 0.3) is 5.69 Å². The van der Waals surface area contributed by atoms with Gasteiger partial charge in [0.2, 0.25) is 0 Å². The summed E-state index contributed by atoms with van der Waals surface area (Å²) in [6.07, 6.45) is 0. The Morgan fingerprint density at radius 2 is 2.06 bits per heavy atom. The van der Waals surface area contributed by atoms with Gasteiger partial charge in [-0.25, -0.2) is 0 Å². The van der Waals surface area contributed by atoms with E-state index in [1.54, 1.807) is 12.1 Å². The summed E-state index contributed by atoms with van der Waals surface area (Å²) in [6.45, 7) is 6.40. The van der Waals surface area contributed by atoms with Gasteiger partial charge in [-0.05, 0) is 18.6 Å². The van der Waals surface area contributed by atoms with Crippen molar-refractivity contribution in [2.45, 2.75) is 32.2 Å². The van der Waals surface area contributed by atoms with Crippen LogP contribution in [-0.4, -0.2) is 18.0 Å². The van der Waals surface area contributed by atoms with Crippen LogP contribution < -0.4 is 4.90 Å². The normalized spacial score (nSPS) is 22.0. The van der Waals surface area contributed by atoms with Gasteiger partial charge in [0.1, 0.15) is 0 Å². The van der Waals surface area contributed by atoms with Gasteiger partial charge < -0.3 is 4.90 Å². The van der Waals surface area contributed by atoms with Gasteiger partial charge in [-0.15, -0.1) is 0 Å². The number of nitro groups is 1. The van der Waals surface area contributed by atoms with Gasteiger partial charge in [-0.2, -0.15) is 0 Å². The quantitative estimate of drug-likeness (QED) is 0.540. The standard InChI is InChI=1S/C12H16N2O2/c1-8-12(2,3)10-7-9(14(15)16)5-6-11(10)13(8)4/h5-8H,1-4H3. The number of hydrogen-bond acceptors (Lipinski definition) is 3. The summed E-state index contributed by atoms with van der Waals surface area (Å²) >= 11 is 0. The number of fused-ring (bicyclic) bond motifs is 1. The van der Waals surface area contributed by atoms with E-state index in [4.69, 9.17) is 0 Å². The van der Waals surface area contributed by atoms with E-state index in [0.717, 1.165) is 11.3 Å². The highest BCUT2D eigenvalue weighted by atomic mass is 16.6. The van der Waals surface area contributed by atoms with Crippen LogP contribution in [0.5, 0.6) is 0 Å². The first-order chi connectivity index (χ1) is 7.35. The molecule has 0 spiro atoms. The zero-order valence-corrected chi connectivity index (χ0v) is 10.0. The molecular weight excluding hydrogens is 204 g/mol. The van der Waals surface area contributed by atoms with E-state index in [0.29, 0.717) is 6.04 Å². The molecule has 0 saturated carbocycles. The fourth-order valence-corrected chi connectivity index (χ4v) is 2.38. The number of benzene rings is 1. The van der Waals surface area contributed by atoms with Crippen LogP contribution in [-0.2, 0) is 5.41 Å². The maximum Gasteiger partial charge on any atom is 0.269 e. The number of anilines is 1. The summed E-state index contributed by atoms with van der Waals surface area (Å²) in [5.74, 6) is 0. The first kappa shape index (κ1) is 10.9. The Morgan fingerprint density at radius 3 is 2.62 bits per heavy atom. The predicted molar refractivity (Wildman–Crippen MR) is 64.0 cm³/mol. The van der Waals surface area contributed by atoms with Crippen molar-refractivity contribution in [3.05, 3.63) is 33.9 Å². The van der Waals surface area contributed by atoms with E-state index in [1.807, 2.05) is 13.1 Å². The highest BCUT2D eigenvalue weighted by molar-refractivity contribution is 5.66. The average Bonchev–Trinajstić information content (AvgIpc) is 2.40. The second-order valence-corrected chi connectivity index (χ2v) is 4.97. The molecule has 1 atom stereocenters. The minimum absolute atomic E-state index is 0.0455. The minimum atomic E-state index is -0.334. The lowest BCUT2D eigenvalue weighted by Gasteiger charge is -2.28. The van der Waals surface area contributed by atoms with Crippen molar-refractivity contribution >= 4 is 11.4 Å². The van der Waals surface area contributed by atoms with E-state index in [9.17, 15) is 10.1 Å². The predicted octanol–water partition coefficient (Wildman–Crippen LogP) is 2.71. The Hall–Kier alpha value is -1.58. The molecule has 2 rings (SSSR count). The number of non-ortho nitro benzene ring substituents is 1. The van der Waals surface area contributed by atoms with Crippen molar-refractivity contribution in [1.29, 1.82) is 0 Å². The average molecular weight is 220 g/mol. The molecule has 1 unspecified atom stereocenters. The molecule has 1 aromatic rings. The smallest absolute Gasteiger partial charge is 0.269 e. The monoisotopic (exact) mass is 220 g/mol. The fraction of sp³-hybridized carbons (Fsp3) is 0.500. The van der Waals surface area contributed by atoms with Crippen LogP contribution >= 0.6 is 0 Å². The molecule has 4 nitrogen and oxygen atoms in total. The minimum Gasteiger partial charge on any atom is -0.371 e. The molecular formula is C12H16N2O2. The molecule has 4 heteroatoms. The third kappa shape index (κ3) is 1.29. The lowest BCUT2D eigenvalue weighted by Crippen LogP contribution is -2.36.